The van der Waals surface area contributed by atoms with E-state index in [0.29, 0.717) is 45.8 Å². The number of hydrogen-bond acceptors (Lipinski definition) is 6. The number of piperidine rings is 1. The van der Waals surface area contributed by atoms with Gasteiger partial charge in [0.25, 0.3) is 0 Å². The standard InChI is InChI=1S/C19H27NO5/c21-17-11-20-15(13-23-12-14-5-2-1-3-6-14)9-19(10-16(20)18(17)22)24-7-4-8-25-19/h1-3,5-6,15-18,21-22H,4,7-13H2/t15-,16+,17+,18+/m0/s1. The van der Waals surface area contributed by atoms with Crippen molar-refractivity contribution in [3.8, 4) is 0 Å². The summed E-state index contributed by atoms with van der Waals surface area (Å²) in [6.07, 6.45) is 0.720. The molecule has 138 valence electrons. The normalized spacial score (nSPS) is 35.0. The van der Waals surface area contributed by atoms with Gasteiger partial charge in [-0.1, -0.05) is 30.3 Å². The van der Waals surface area contributed by atoms with E-state index in [-0.39, 0.29) is 12.1 Å². The van der Waals surface area contributed by atoms with Crippen LogP contribution in [-0.4, -0.2) is 71.6 Å². The summed E-state index contributed by atoms with van der Waals surface area (Å²) in [5.74, 6) is -0.648. The molecule has 2 N–H and O–H groups in total. The molecule has 1 aromatic carbocycles. The zero-order valence-corrected chi connectivity index (χ0v) is 14.4. The molecule has 4 rings (SSSR count). The van der Waals surface area contributed by atoms with Gasteiger partial charge >= 0.3 is 0 Å². The summed E-state index contributed by atoms with van der Waals surface area (Å²) < 4.78 is 17.9. The molecule has 3 aliphatic heterocycles. The van der Waals surface area contributed by atoms with Crippen LogP contribution < -0.4 is 0 Å². The second kappa shape index (κ2) is 7.31. The average Bonchev–Trinajstić information content (AvgIpc) is 2.91. The number of nitrogens with zero attached hydrogens (tertiary/aromatic N) is 1. The van der Waals surface area contributed by atoms with Crippen molar-refractivity contribution in [2.45, 2.75) is 55.9 Å². The van der Waals surface area contributed by atoms with Crippen LogP contribution >= 0.6 is 0 Å². The summed E-state index contributed by atoms with van der Waals surface area (Å²) in [4.78, 5) is 2.17. The van der Waals surface area contributed by atoms with Crippen molar-refractivity contribution in [3.05, 3.63) is 35.9 Å². The largest absolute Gasteiger partial charge is 0.389 e. The van der Waals surface area contributed by atoms with E-state index in [2.05, 4.69) is 4.90 Å². The second-order valence-electron chi connectivity index (χ2n) is 7.35. The van der Waals surface area contributed by atoms with Crippen molar-refractivity contribution in [1.29, 1.82) is 0 Å². The fraction of sp³-hybridized carbons (Fsp3) is 0.684. The lowest BCUT2D eigenvalue weighted by molar-refractivity contribution is -0.300. The molecule has 1 spiro atoms. The second-order valence-corrected chi connectivity index (χ2v) is 7.35. The number of fused-ring (bicyclic) bond motifs is 1. The van der Waals surface area contributed by atoms with E-state index in [1.807, 2.05) is 30.3 Å². The Hall–Kier alpha value is -1.02. The SMILES string of the molecule is O[C@H]1[C@H](O)CN2[C@H](COCc3ccccc3)CC3(C[C@H]12)OCCCO3. The van der Waals surface area contributed by atoms with Crippen LogP contribution in [0.4, 0.5) is 0 Å². The van der Waals surface area contributed by atoms with Crippen molar-refractivity contribution in [1.82, 2.24) is 4.90 Å². The molecule has 3 aliphatic rings. The van der Waals surface area contributed by atoms with Crippen molar-refractivity contribution in [2.75, 3.05) is 26.4 Å². The Morgan fingerprint density at radius 3 is 2.64 bits per heavy atom. The van der Waals surface area contributed by atoms with Gasteiger partial charge in [0.15, 0.2) is 5.79 Å². The van der Waals surface area contributed by atoms with Gasteiger partial charge in [0, 0.05) is 31.5 Å². The van der Waals surface area contributed by atoms with Crippen LogP contribution in [0.5, 0.6) is 0 Å². The number of hydrogen-bond donors (Lipinski definition) is 2. The van der Waals surface area contributed by atoms with Gasteiger partial charge in [-0.25, -0.2) is 0 Å². The molecule has 1 aromatic rings. The molecular formula is C19H27NO5. The van der Waals surface area contributed by atoms with Crippen LogP contribution in [0.25, 0.3) is 0 Å². The fourth-order valence-electron chi connectivity index (χ4n) is 4.34. The van der Waals surface area contributed by atoms with Crippen molar-refractivity contribution >= 4 is 0 Å². The third kappa shape index (κ3) is 3.60. The van der Waals surface area contributed by atoms with Crippen LogP contribution in [0, 0.1) is 0 Å². The average molecular weight is 349 g/mol. The topological polar surface area (TPSA) is 71.4 Å². The minimum atomic E-state index is -0.761. The number of ether oxygens (including phenoxy) is 3. The Morgan fingerprint density at radius 2 is 1.88 bits per heavy atom. The molecule has 0 radical (unpaired) electrons. The van der Waals surface area contributed by atoms with Crippen LogP contribution in [0.1, 0.15) is 24.8 Å². The first kappa shape index (κ1) is 17.4. The molecule has 4 atom stereocenters. The van der Waals surface area contributed by atoms with Gasteiger partial charge in [-0.05, 0) is 12.0 Å². The maximum atomic E-state index is 10.4. The molecule has 0 unspecified atom stereocenters. The first-order valence-electron chi connectivity index (χ1n) is 9.18. The molecule has 0 bridgehead atoms. The molecule has 6 nitrogen and oxygen atoms in total. The quantitative estimate of drug-likeness (QED) is 0.842. The van der Waals surface area contributed by atoms with E-state index < -0.39 is 18.0 Å². The predicted molar refractivity (Wildman–Crippen MR) is 90.9 cm³/mol. The zero-order chi connectivity index (χ0) is 17.3. The summed E-state index contributed by atoms with van der Waals surface area (Å²) in [6.45, 7) is 2.92. The minimum absolute atomic E-state index is 0.0624. The molecule has 0 amide bonds. The Kier molecular flexibility index (Phi) is 5.08. The van der Waals surface area contributed by atoms with Gasteiger partial charge in [0.05, 0.1) is 38.6 Å². The van der Waals surface area contributed by atoms with Gasteiger partial charge < -0.3 is 24.4 Å². The van der Waals surface area contributed by atoms with E-state index in [0.717, 1.165) is 12.0 Å². The summed E-state index contributed by atoms with van der Waals surface area (Å²) in [6, 6.07) is 10.00. The molecule has 0 saturated carbocycles. The first-order valence-corrected chi connectivity index (χ1v) is 9.18. The number of aliphatic hydroxyl groups is 2. The zero-order valence-electron chi connectivity index (χ0n) is 14.4. The Morgan fingerprint density at radius 1 is 1.12 bits per heavy atom. The Bertz CT molecular complexity index is 562. The molecule has 3 fully saturated rings. The smallest absolute Gasteiger partial charge is 0.171 e. The molecule has 0 aromatic heterocycles. The molecular weight excluding hydrogens is 322 g/mol. The monoisotopic (exact) mass is 349 g/mol. The van der Waals surface area contributed by atoms with E-state index in [4.69, 9.17) is 14.2 Å². The number of aliphatic hydroxyl groups excluding tert-OH is 2. The predicted octanol–water partition coefficient (Wildman–Crippen LogP) is 0.905. The molecule has 3 saturated heterocycles. The van der Waals surface area contributed by atoms with E-state index >= 15 is 0 Å². The van der Waals surface area contributed by atoms with Crippen molar-refractivity contribution < 1.29 is 24.4 Å². The lowest BCUT2D eigenvalue weighted by atomic mass is 9.89. The van der Waals surface area contributed by atoms with Crippen molar-refractivity contribution in [2.24, 2.45) is 0 Å². The Balaban J connectivity index is 1.44. The highest BCUT2D eigenvalue weighted by molar-refractivity contribution is 5.13. The van der Waals surface area contributed by atoms with E-state index in [9.17, 15) is 10.2 Å². The van der Waals surface area contributed by atoms with Gasteiger partial charge in [-0.15, -0.1) is 0 Å². The van der Waals surface area contributed by atoms with E-state index in [1.165, 1.54) is 0 Å². The van der Waals surface area contributed by atoms with Crippen LogP contribution in [0.2, 0.25) is 0 Å². The fourth-order valence-corrected chi connectivity index (χ4v) is 4.34. The highest BCUT2D eigenvalue weighted by Crippen LogP contribution is 2.41. The van der Waals surface area contributed by atoms with Crippen LogP contribution in [0.3, 0.4) is 0 Å². The lowest BCUT2D eigenvalue weighted by Crippen LogP contribution is -2.59. The highest BCUT2D eigenvalue weighted by Gasteiger charge is 2.54. The summed E-state index contributed by atoms with van der Waals surface area (Å²) in [5, 5.41) is 20.5. The first-order chi connectivity index (χ1) is 12.2. The molecule has 3 heterocycles. The molecule has 25 heavy (non-hydrogen) atoms. The lowest BCUT2D eigenvalue weighted by Gasteiger charge is -2.49. The third-order valence-electron chi connectivity index (χ3n) is 5.59. The molecule has 0 aliphatic carbocycles. The van der Waals surface area contributed by atoms with Gasteiger partial charge in [-0.2, -0.15) is 0 Å². The molecule has 6 heteroatoms. The summed E-state index contributed by atoms with van der Waals surface area (Å²) >= 11 is 0. The highest BCUT2D eigenvalue weighted by atomic mass is 16.7. The number of benzene rings is 1. The number of rotatable bonds is 4. The van der Waals surface area contributed by atoms with Gasteiger partial charge in [-0.3, -0.25) is 4.90 Å². The summed E-state index contributed by atoms with van der Waals surface area (Å²) in [5.41, 5.74) is 1.14. The van der Waals surface area contributed by atoms with E-state index in [1.54, 1.807) is 0 Å². The summed E-state index contributed by atoms with van der Waals surface area (Å²) in [7, 11) is 0. The van der Waals surface area contributed by atoms with Gasteiger partial charge in [0.2, 0.25) is 0 Å². The van der Waals surface area contributed by atoms with Crippen molar-refractivity contribution in [3.63, 3.8) is 0 Å². The minimum Gasteiger partial charge on any atom is -0.389 e. The van der Waals surface area contributed by atoms with Gasteiger partial charge in [0.1, 0.15) is 0 Å². The maximum Gasteiger partial charge on any atom is 0.171 e. The van der Waals surface area contributed by atoms with Crippen LogP contribution in [-0.2, 0) is 20.8 Å². The Labute approximate surface area is 148 Å². The maximum absolute atomic E-state index is 10.4. The van der Waals surface area contributed by atoms with Crippen LogP contribution in [0.15, 0.2) is 30.3 Å². The third-order valence-corrected chi connectivity index (χ3v) is 5.59.